The van der Waals surface area contributed by atoms with Crippen molar-refractivity contribution in [1.29, 1.82) is 0 Å². The number of hydrogen-bond acceptors (Lipinski definition) is 0. The molecule has 0 aromatic heterocycles. The molecule has 1 saturated carbocycles. The van der Waals surface area contributed by atoms with Crippen molar-refractivity contribution < 1.29 is 17.6 Å². The van der Waals surface area contributed by atoms with Crippen LogP contribution in [0.4, 0.5) is 17.6 Å². The van der Waals surface area contributed by atoms with Crippen molar-refractivity contribution in [3.63, 3.8) is 0 Å². The lowest BCUT2D eigenvalue weighted by Crippen LogP contribution is -2.04. The Morgan fingerprint density at radius 2 is 1.67 bits per heavy atom. The Balaban J connectivity index is 2.46. The second-order valence-corrected chi connectivity index (χ2v) is 4.10. The van der Waals surface area contributed by atoms with Crippen molar-refractivity contribution in [1.82, 2.24) is 0 Å². The molecule has 15 heavy (non-hydrogen) atoms. The molecule has 2 rings (SSSR count). The largest absolute Gasteiger partial charge is 0.204 e. The van der Waals surface area contributed by atoms with Gasteiger partial charge in [0.25, 0.3) is 0 Å². The lowest BCUT2D eigenvalue weighted by molar-refractivity contribution is 0.402. The summed E-state index contributed by atoms with van der Waals surface area (Å²) in [5.41, 5.74) is -0.296. The van der Waals surface area contributed by atoms with Crippen LogP contribution < -0.4 is 0 Å². The molecule has 82 valence electrons. The maximum Gasteiger partial charge on any atom is 0.197 e. The maximum atomic E-state index is 13.2. The zero-order valence-electron chi connectivity index (χ0n) is 7.54. The summed E-state index contributed by atoms with van der Waals surface area (Å²) in [4.78, 5) is 0. The van der Waals surface area contributed by atoms with E-state index >= 15 is 0 Å². The number of rotatable bonds is 2. The van der Waals surface area contributed by atoms with Crippen LogP contribution in [0.3, 0.4) is 0 Å². The third-order valence-electron chi connectivity index (χ3n) is 2.46. The van der Waals surface area contributed by atoms with Gasteiger partial charge in [0.05, 0.1) is 5.38 Å². The minimum Gasteiger partial charge on any atom is -0.204 e. The van der Waals surface area contributed by atoms with E-state index < -0.39 is 28.6 Å². The second kappa shape index (κ2) is 3.67. The quantitative estimate of drug-likeness (QED) is 0.317. The fourth-order valence-corrected chi connectivity index (χ4v) is 1.85. The lowest BCUT2D eigenvalue weighted by atomic mass is 10.1. The molecule has 5 heteroatoms. The van der Waals surface area contributed by atoms with E-state index in [1.807, 2.05) is 0 Å². The SMILES string of the molecule is Fc1cc(C(Cl)C2CC2)c(F)c(F)c1F. The smallest absolute Gasteiger partial charge is 0.197 e. The van der Waals surface area contributed by atoms with Crippen LogP contribution in [-0.2, 0) is 0 Å². The molecular weight excluding hydrogens is 232 g/mol. The molecule has 1 aliphatic rings. The van der Waals surface area contributed by atoms with Gasteiger partial charge in [-0.25, -0.2) is 17.6 Å². The first-order chi connectivity index (χ1) is 7.02. The first kappa shape index (κ1) is 10.7. The fraction of sp³-hybridized carbons (Fsp3) is 0.400. The second-order valence-electron chi connectivity index (χ2n) is 3.63. The average molecular weight is 239 g/mol. The first-order valence-corrected chi connectivity index (χ1v) is 4.93. The molecule has 0 bridgehead atoms. The van der Waals surface area contributed by atoms with E-state index in [-0.39, 0.29) is 11.5 Å². The molecule has 0 saturated heterocycles. The maximum absolute atomic E-state index is 13.2. The molecular formula is C10H7ClF4. The third-order valence-corrected chi connectivity index (χ3v) is 3.06. The molecule has 1 aliphatic carbocycles. The van der Waals surface area contributed by atoms with E-state index in [1.165, 1.54) is 0 Å². The van der Waals surface area contributed by atoms with Crippen LogP contribution in [0, 0.1) is 29.2 Å². The minimum atomic E-state index is -1.80. The summed E-state index contributed by atoms with van der Waals surface area (Å²) in [6.45, 7) is 0. The zero-order chi connectivity index (χ0) is 11.2. The van der Waals surface area contributed by atoms with Crippen LogP contribution in [-0.4, -0.2) is 0 Å². The van der Waals surface area contributed by atoms with Crippen LogP contribution in [0.2, 0.25) is 0 Å². The summed E-state index contributed by atoms with van der Waals surface area (Å²) < 4.78 is 51.5. The molecule has 1 unspecified atom stereocenters. The standard InChI is InChI=1S/C10H7ClF4/c11-7(4-1-2-4)5-3-6(12)9(14)10(15)8(5)13/h3-4,7H,1-2H2. The molecule has 0 nitrogen and oxygen atoms in total. The van der Waals surface area contributed by atoms with Gasteiger partial charge in [0.2, 0.25) is 0 Å². The van der Waals surface area contributed by atoms with E-state index in [0.717, 1.165) is 12.8 Å². The zero-order valence-corrected chi connectivity index (χ0v) is 8.29. The molecule has 0 radical (unpaired) electrons. The summed E-state index contributed by atoms with van der Waals surface area (Å²) in [7, 11) is 0. The molecule has 0 aliphatic heterocycles. The van der Waals surface area contributed by atoms with Crippen molar-refractivity contribution in [2.24, 2.45) is 5.92 Å². The van der Waals surface area contributed by atoms with Crippen molar-refractivity contribution in [2.45, 2.75) is 18.2 Å². The Kier molecular flexibility index (Phi) is 2.63. The number of benzene rings is 1. The highest BCUT2D eigenvalue weighted by molar-refractivity contribution is 6.21. The normalized spacial score (nSPS) is 17.9. The first-order valence-electron chi connectivity index (χ1n) is 4.49. The molecule has 0 spiro atoms. The predicted octanol–water partition coefficient (Wildman–Crippen LogP) is 3.93. The highest BCUT2D eigenvalue weighted by Crippen LogP contribution is 2.46. The topological polar surface area (TPSA) is 0 Å². The molecule has 1 atom stereocenters. The van der Waals surface area contributed by atoms with E-state index in [0.29, 0.717) is 6.07 Å². The van der Waals surface area contributed by atoms with Gasteiger partial charge in [-0.2, -0.15) is 0 Å². The minimum absolute atomic E-state index is 0.0328. The summed E-state index contributed by atoms with van der Waals surface area (Å²) in [6, 6.07) is 0.629. The van der Waals surface area contributed by atoms with Crippen LogP contribution in [0.25, 0.3) is 0 Å². The van der Waals surface area contributed by atoms with Gasteiger partial charge in [-0.05, 0) is 24.8 Å². The van der Waals surface area contributed by atoms with Gasteiger partial charge >= 0.3 is 0 Å². The molecule has 1 fully saturated rings. The summed E-state index contributed by atoms with van der Waals surface area (Å²) in [5.74, 6) is -6.35. The van der Waals surface area contributed by atoms with E-state index in [2.05, 4.69) is 0 Å². The molecule has 1 aromatic carbocycles. The van der Waals surface area contributed by atoms with Crippen LogP contribution in [0.15, 0.2) is 6.07 Å². The van der Waals surface area contributed by atoms with Crippen LogP contribution in [0.1, 0.15) is 23.8 Å². The molecule has 0 amide bonds. The van der Waals surface area contributed by atoms with Gasteiger partial charge in [-0.3, -0.25) is 0 Å². The summed E-state index contributed by atoms with van der Waals surface area (Å²) >= 11 is 5.81. The van der Waals surface area contributed by atoms with Crippen LogP contribution in [0.5, 0.6) is 0 Å². The molecule has 0 N–H and O–H groups in total. The Morgan fingerprint density at radius 1 is 1.07 bits per heavy atom. The highest BCUT2D eigenvalue weighted by atomic mass is 35.5. The number of hydrogen-bond donors (Lipinski definition) is 0. The predicted molar refractivity (Wildman–Crippen MR) is 47.6 cm³/mol. The van der Waals surface area contributed by atoms with Gasteiger partial charge in [-0.15, -0.1) is 11.6 Å². The summed E-state index contributed by atoms with van der Waals surface area (Å²) in [5, 5.41) is -0.783. The van der Waals surface area contributed by atoms with E-state index in [4.69, 9.17) is 11.6 Å². The number of alkyl halides is 1. The molecule has 0 heterocycles. The molecule has 1 aromatic rings. The fourth-order valence-electron chi connectivity index (χ4n) is 1.43. The van der Waals surface area contributed by atoms with Crippen molar-refractivity contribution >= 4 is 11.6 Å². The van der Waals surface area contributed by atoms with Crippen molar-refractivity contribution in [3.8, 4) is 0 Å². The lowest BCUT2D eigenvalue weighted by Gasteiger charge is -2.10. The number of halogens is 5. The Hall–Kier alpha value is -0.770. The van der Waals surface area contributed by atoms with Gasteiger partial charge in [0, 0.05) is 5.56 Å². The van der Waals surface area contributed by atoms with Gasteiger partial charge in [0.15, 0.2) is 23.3 Å². The van der Waals surface area contributed by atoms with Crippen molar-refractivity contribution in [2.75, 3.05) is 0 Å². The third kappa shape index (κ3) is 1.83. The van der Waals surface area contributed by atoms with E-state index in [9.17, 15) is 17.6 Å². The van der Waals surface area contributed by atoms with Gasteiger partial charge in [-0.1, -0.05) is 0 Å². The summed E-state index contributed by atoms with van der Waals surface area (Å²) in [6.07, 6.45) is 1.60. The van der Waals surface area contributed by atoms with E-state index in [1.54, 1.807) is 0 Å². The van der Waals surface area contributed by atoms with Gasteiger partial charge in [0.1, 0.15) is 0 Å². The highest BCUT2D eigenvalue weighted by Gasteiger charge is 2.34. The van der Waals surface area contributed by atoms with Crippen LogP contribution >= 0.6 is 11.6 Å². The Morgan fingerprint density at radius 3 is 2.20 bits per heavy atom. The average Bonchev–Trinajstić information content (AvgIpc) is 3.03. The Bertz CT molecular complexity index is 401. The Labute approximate surface area is 88.9 Å². The van der Waals surface area contributed by atoms with Gasteiger partial charge < -0.3 is 0 Å². The van der Waals surface area contributed by atoms with Crippen molar-refractivity contribution in [3.05, 3.63) is 34.9 Å². The monoisotopic (exact) mass is 238 g/mol.